The predicted octanol–water partition coefficient (Wildman–Crippen LogP) is 14.2. The summed E-state index contributed by atoms with van der Waals surface area (Å²) in [4.78, 5) is 2.65. The molecular weight excluding hydrogens is 796 g/mol. The minimum absolute atomic E-state index is 0.366. The summed E-state index contributed by atoms with van der Waals surface area (Å²) in [5.41, 5.74) is 30.3. The van der Waals surface area contributed by atoms with Crippen molar-refractivity contribution in [3.05, 3.63) is 245 Å². The van der Waals surface area contributed by atoms with Gasteiger partial charge in [-0.3, -0.25) is 0 Å². The maximum absolute atomic E-state index is 2.65. The number of para-hydroxylation sites is 2. The second kappa shape index (κ2) is 11.9. The predicted molar refractivity (Wildman–Crippen MR) is 275 cm³/mol. The number of rotatable bonds is 2. The minimum atomic E-state index is -0.496. The molecule has 0 saturated heterocycles. The zero-order valence-electron chi connectivity index (χ0n) is 36.5. The molecule has 1 atom stereocenters. The molecule has 16 rings (SSSR count). The van der Waals surface area contributed by atoms with Gasteiger partial charge in [-0.05, 0) is 121 Å². The maximum atomic E-state index is 2.65. The van der Waals surface area contributed by atoms with Crippen LogP contribution < -0.4 is 10.4 Å². The van der Waals surface area contributed by atoms with Gasteiger partial charge in [0.2, 0.25) is 0 Å². The first-order valence-corrected chi connectivity index (χ1v) is 23.4. The van der Waals surface area contributed by atoms with Gasteiger partial charge in [0.25, 0.3) is 0 Å². The fourth-order valence-corrected chi connectivity index (χ4v) is 13.8. The number of aromatic nitrogens is 1. The minimum Gasteiger partial charge on any atom is -0.309 e. The summed E-state index contributed by atoms with van der Waals surface area (Å²) in [5.74, 6) is 0. The number of nitrogens with zero attached hydrogens (tertiary/aromatic N) is 2. The summed E-state index contributed by atoms with van der Waals surface area (Å²) >= 11 is 0. The van der Waals surface area contributed by atoms with Gasteiger partial charge in [0, 0.05) is 32.9 Å². The van der Waals surface area contributed by atoms with Gasteiger partial charge in [-0.2, -0.15) is 0 Å². The molecular formula is C63H39BN2. The van der Waals surface area contributed by atoms with Crippen molar-refractivity contribution < 1.29 is 0 Å². The topological polar surface area (TPSA) is 8.17 Å². The van der Waals surface area contributed by atoms with E-state index in [9.17, 15) is 0 Å². The smallest absolute Gasteiger partial charge is 0.139 e. The lowest BCUT2D eigenvalue weighted by atomic mass is 9.69. The van der Waals surface area contributed by atoms with E-state index in [0.717, 1.165) is 0 Å². The lowest BCUT2D eigenvalue weighted by Gasteiger charge is -2.43. The summed E-state index contributed by atoms with van der Waals surface area (Å²) in [6, 6.07) is 79.0. The van der Waals surface area contributed by atoms with Crippen LogP contribution >= 0.6 is 0 Å². The fourth-order valence-electron chi connectivity index (χ4n) is 13.8. The van der Waals surface area contributed by atoms with Crippen molar-refractivity contribution in [2.75, 3.05) is 4.90 Å². The van der Waals surface area contributed by atoms with Crippen molar-refractivity contribution in [3.63, 3.8) is 0 Å². The van der Waals surface area contributed by atoms with E-state index in [1.807, 2.05) is 0 Å². The Labute approximate surface area is 384 Å². The fraction of sp³-hybridized carbons (Fsp3) is 0.0476. The molecule has 3 heteroatoms. The summed E-state index contributed by atoms with van der Waals surface area (Å²) in [6.07, 6.45) is 0. The van der Waals surface area contributed by atoms with Gasteiger partial charge in [0.05, 0.1) is 39.2 Å². The van der Waals surface area contributed by atoms with Gasteiger partial charge in [-0.25, -0.2) is 0 Å². The van der Waals surface area contributed by atoms with Crippen LogP contribution in [-0.2, 0) is 10.8 Å². The number of anilines is 3. The second-order valence-corrected chi connectivity index (χ2v) is 19.3. The Kier molecular flexibility index (Phi) is 6.38. The summed E-state index contributed by atoms with van der Waals surface area (Å²) in [7, 11) is 2.17. The monoisotopic (exact) mass is 834 g/mol. The van der Waals surface area contributed by atoms with Gasteiger partial charge >= 0.3 is 0 Å². The Hall–Kier alpha value is -8.14. The SMILES string of the molecule is Bc1ccc(-c2ccc3c(c2)C2(C)c4ccccc4-c4cccc(c42)N3c2ccc3c4c2-c2ccccc2-n2c5ccccc5c5ccc(c-4c52)C32c3ccccc3-c3ccccc32)cc1. The van der Waals surface area contributed by atoms with E-state index >= 15 is 0 Å². The average Bonchev–Trinajstić information content (AvgIpc) is 4.03. The molecule has 0 radical (unpaired) electrons. The first kappa shape index (κ1) is 35.2. The molecule has 3 aliphatic carbocycles. The van der Waals surface area contributed by atoms with Crippen LogP contribution in [0.25, 0.3) is 83.1 Å². The largest absolute Gasteiger partial charge is 0.309 e. The van der Waals surface area contributed by atoms with E-state index < -0.39 is 5.41 Å². The molecule has 0 fully saturated rings. The molecule has 1 spiro atoms. The third kappa shape index (κ3) is 3.89. The zero-order chi connectivity index (χ0) is 43.2. The highest BCUT2D eigenvalue weighted by atomic mass is 15.2. The molecule has 66 heavy (non-hydrogen) atoms. The quantitative estimate of drug-likeness (QED) is 0.158. The molecule has 0 bridgehead atoms. The van der Waals surface area contributed by atoms with Gasteiger partial charge in [-0.15, -0.1) is 0 Å². The molecule has 2 aliphatic heterocycles. The van der Waals surface area contributed by atoms with Crippen LogP contribution in [0.1, 0.15) is 45.9 Å². The molecule has 10 aromatic carbocycles. The van der Waals surface area contributed by atoms with Crippen molar-refractivity contribution in [2.45, 2.75) is 17.8 Å². The number of fused-ring (bicyclic) bond motifs is 18. The van der Waals surface area contributed by atoms with Crippen molar-refractivity contribution in [3.8, 4) is 61.3 Å². The first-order valence-electron chi connectivity index (χ1n) is 23.4. The molecule has 5 aliphatic rings. The van der Waals surface area contributed by atoms with Crippen LogP contribution in [0.5, 0.6) is 0 Å². The summed E-state index contributed by atoms with van der Waals surface area (Å²) in [6.45, 7) is 2.48. The highest BCUT2D eigenvalue weighted by molar-refractivity contribution is 6.32. The third-order valence-electron chi connectivity index (χ3n) is 16.4. The lowest BCUT2D eigenvalue weighted by molar-refractivity contribution is 0.702. The van der Waals surface area contributed by atoms with E-state index in [1.165, 1.54) is 145 Å². The Morgan fingerprint density at radius 1 is 0.379 bits per heavy atom. The first-order chi connectivity index (χ1) is 32.6. The summed E-state index contributed by atoms with van der Waals surface area (Å²) < 4.78 is 2.60. The molecule has 2 nitrogen and oxygen atoms in total. The number of hydrogen-bond acceptors (Lipinski definition) is 1. The highest BCUT2D eigenvalue weighted by Crippen LogP contribution is 2.69. The Morgan fingerprint density at radius 3 is 1.76 bits per heavy atom. The molecule has 0 N–H and O–H groups in total. The van der Waals surface area contributed by atoms with E-state index in [0.29, 0.717) is 0 Å². The normalized spacial score (nSPS) is 16.5. The van der Waals surface area contributed by atoms with Crippen LogP contribution in [-0.4, -0.2) is 12.4 Å². The summed E-state index contributed by atoms with van der Waals surface area (Å²) in [5, 5.41) is 2.58. The van der Waals surface area contributed by atoms with Crippen LogP contribution in [0.15, 0.2) is 206 Å². The third-order valence-corrected chi connectivity index (χ3v) is 16.4. The molecule has 304 valence electrons. The molecule has 11 aromatic rings. The average molecular weight is 835 g/mol. The Morgan fingerprint density at radius 2 is 0.970 bits per heavy atom. The van der Waals surface area contributed by atoms with Gasteiger partial charge in [0.15, 0.2) is 0 Å². The Balaban J connectivity index is 1.08. The zero-order valence-corrected chi connectivity index (χ0v) is 36.5. The van der Waals surface area contributed by atoms with Crippen LogP contribution in [0, 0.1) is 0 Å². The maximum Gasteiger partial charge on any atom is 0.139 e. The molecule has 1 aromatic heterocycles. The lowest BCUT2D eigenvalue weighted by Crippen LogP contribution is -2.32. The molecule has 0 saturated carbocycles. The highest BCUT2D eigenvalue weighted by Gasteiger charge is 2.55. The van der Waals surface area contributed by atoms with Crippen molar-refractivity contribution in [1.29, 1.82) is 0 Å². The standard InChI is InChI=1S/C63H39BN2/c1-62-46-19-7-2-15-41(46)43-18-12-24-56(60(43)62)65(54-33-27-37(35-51(54)62)36-25-28-38(64)29-26-36)55-34-32-49-58-57(55)45-17-6-11-23-53(45)66-52-22-10-5-16-42(52)44-30-31-50(59(58)61(44)66)63(49)47-20-8-3-13-39(47)40-14-4-9-21-48(40)63/h2-35H,64H2,1H3. The number of benzene rings is 10. The van der Waals surface area contributed by atoms with E-state index in [-0.39, 0.29) is 5.41 Å². The van der Waals surface area contributed by atoms with Crippen LogP contribution in [0.3, 0.4) is 0 Å². The van der Waals surface area contributed by atoms with Gasteiger partial charge < -0.3 is 9.47 Å². The van der Waals surface area contributed by atoms with Gasteiger partial charge in [-0.1, -0.05) is 175 Å². The Bertz CT molecular complexity index is 3990. The second-order valence-electron chi connectivity index (χ2n) is 19.3. The molecule has 1 unspecified atom stereocenters. The number of hydrogen-bond donors (Lipinski definition) is 0. The van der Waals surface area contributed by atoms with Gasteiger partial charge in [0.1, 0.15) is 7.85 Å². The molecule has 3 heterocycles. The van der Waals surface area contributed by atoms with E-state index in [4.69, 9.17) is 0 Å². The van der Waals surface area contributed by atoms with E-state index in [1.54, 1.807) is 0 Å². The van der Waals surface area contributed by atoms with Crippen LogP contribution in [0.4, 0.5) is 17.1 Å². The van der Waals surface area contributed by atoms with Crippen LogP contribution in [0.2, 0.25) is 0 Å². The van der Waals surface area contributed by atoms with E-state index in [2.05, 4.69) is 230 Å². The van der Waals surface area contributed by atoms with Crippen molar-refractivity contribution in [2.24, 2.45) is 0 Å². The molecule has 0 amide bonds. The van der Waals surface area contributed by atoms with Crippen molar-refractivity contribution in [1.82, 2.24) is 4.57 Å². The van der Waals surface area contributed by atoms with Crippen molar-refractivity contribution >= 4 is 52.2 Å².